The molecule has 3 rings (SSSR count). The van der Waals surface area contributed by atoms with Crippen molar-refractivity contribution in [2.75, 3.05) is 17.7 Å². The van der Waals surface area contributed by atoms with Gasteiger partial charge in [-0.2, -0.15) is 26.3 Å². The second-order valence-electron chi connectivity index (χ2n) is 7.52. The topological polar surface area (TPSA) is 67.4 Å². The molecule has 0 aromatic heterocycles. The monoisotopic (exact) mass is 586 g/mol. The summed E-state index contributed by atoms with van der Waals surface area (Å²) in [5.74, 6) is -1.73. The quantitative estimate of drug-likeness (QED) is 0.139. The van der Waals surface area contributed by atoms with E-state index < -0.39 is 40.9 Å². The van der Waals surface area contributed by atoms with Gasteiger partial charge in [0.2, 0.25) is 0 Å². The number of hydrogen-bond acceptors (Lipinski definition) is 3. The van der Waals surface area contributed by atoms with Gasteiger partial charge in [0.05, 0.1) is 22.7 Å². The van der Waals surface area contributed by atoms with Gasteiger partial charge >= 0.3 is 12.4 Å². The third kappa shape index (κ3) is 7.35. The fraction of sp³-hybridized carbons (Fsp3) is 0.120. The van der Waals surface area contributed by atoms with Gasteiger partial charge < -0.3 is 15.4 Å². The highest BCUT2D eigenvalue weighted by Gasteiger charge is 2.32. The number of nitrogens with one attached hydrogen (secondary N) is 2. The largest absolute Gasteiger partial charge is 0.496 e. The van der Waals surface area contributed by atoms with Gasteiger partial charge in [-0.05, 0) is 76.1 Å². The highest BCUT2D eigenvalue weighted by atomic mass is 79.9. The Kier molecular flexibility index (Phi) is 8.32. The highest BCUT2D eigenvalue weighted by molar-refractivity contribution is 9.10. The fourth-order valence-electron chi connectivity index (χ4n) is 3.12. The van der Waals surface area contributed by atoms with Crippen molar-refractivity contribution < 1.29 is 40.7 Å². The second kappa shape index (κ2) is 11.1. The maximum absolute atomic E-state index is 13.1. The number of anilines is 2. The van der Waals surface area contributed by atoms with Gasteiger partial charge in [0.25, 0.3) is 11.8 Å². The van der Waals surface area contributed by atoms with E-state index in [1.165, 1.54) is 37.4 Å². The number of carbonyl (C=O) groups excluding carboxylic acids is 2. The van der Waals surface area contributed by atoms with Crippen LogP contribution in [0.1, 0.15) is 16.7 Å². The van der Waals surface area contributed by atoms with E-state index in [4.69, 9.17) is 4.74 Å². The van der Waals surface area contributed by atoms with Crippen molar-refractivity contribution in [2.24, 2.45) is 0 Å². The Bertz CT molecular complexity index is 1280. The first kappa shape index (κ1) is 27.8. The minimum atomic E-state index is -4.67. The summed E-state index contributed by atoms with van der Waals surface area (Å²) in [5, 5.41) is 4.46. The van der Waals surface area contributed by atoms with Crippen molar-refractivity contribution in [1.82, 2.24) is 0 Å². The van der Waals surface area contributed by atoms with Gasteiger partial charge in [-0.3, -0.25) is 9.59 Å². The molecule has 0 heterocycles. The first-order valence-corrected chi connectivity index (χ1v) is 11.1. The Morgan fingerprint density at radius 1 is 0.784 bits per heavy atom. The number of hydrogen-bond donors (Lipinski definition) is 2. The van der Waals surface area contributed by atoms with Crippen molar-refractivity contribution in [2.45, 2.75) is 12.4 Å². The molecule has 0 atom stereocenters. The van der Waals surface area contributed by atoms with Crippen LogP contribution in [0.5, 0.6) is 5.75 Å². The van der Waals surface area contributed by atoms with Crippen LogP contribution in [0.25, 0.3) is 6.08 Å². The van der Waals surface area contributed by atoms with E-state index in [1.807, 2.05) is 0 Å². The summed E-state index contributed by atoms with van der Waals surface area (Å²) < 4.78 is 83.9. The zero-order chi connectivity index (χ0) is 27.4. The predicted octanol–water partition coefficient (Wildman–Crippen LogP) is 7.16. The van der Waals surface area contributed by atoms with E-state index >= 15 is 0 Å². The third-order valence-electron chi connectivity index (χ3n) is 4.87. The van der Waals surface area contributed by atoms with Gasteiger partial charge in [-0.15, -0.1) is 0 Å². The summed E-state index contributed by atoms with van der Waals surface area (Å²) >= 11 is 3.26. The standard InChI is InChI=1S/C25H17BrF6N2O3/c1-37-21-9-8-14(11-20(21)26)10-19(22(35)33-17-6-2-4-15(12-17)24(27,28)29)23(36)34-18-7-3-5-16(13-18)25(30,31)32/h2-13H,1H3,(H,33,35)(H,34,36). The van der Waals surface area contributed by atoms with Crippen molar-refractivity contribution >= 4 is 45.2 Å². The van der Waals surface area contributed by atoms with Crippen molar-refractivity contribution in [3.05, 3.63) is 93.5 Å². The van der Waals surface area contributed by atoms with Crippen molar-refractivity contribution in [3.63, 3.8) is 0 Å². The molecule has 0 unspecified atom stereocenters. The van der Waals surface area contributed by atoms with Crippen LogP contribution in [-0.2, 0) is 21.9 Å². The average Bonchev–Trinajstić information content (AvgIpc) is 2.81. The number of halogens is 7. The smallest absolute Gasteiger partial charge is 0.416 e. The summed E-state index contributed by atoms with van der Waals surface area (Å²) in [6.45, 7) is 0. The van der Waals surface area contributed by atoms with Gasteiger partial charge in [0.1, 0.15) is 11.3 Å². The van der Waals surface area contributed by atoms with Gasteiger partial charge in [0, 0.05) is 11.4 Å². The average molecular weight is 587 g/mol. The van der Waals surface area contributed by atoms with Crippen LogP contribution < -0.4 is 15.4 Å². The van der Waals surface area contributed by atoms with E-state index in [0.717, 1.165) is 30.3 Å². The molecule has 0 aliphatic heterocycles. The van der Waals surface area contributed by atoms with Gasteiger partial charge in [-0.1, -0.05) is 18.2 Å². The number of methoxy groups -OCH3 is 1. The molecule has 2 amide bonds. The van der Waals surface area contributed by atoms with E-state index in [-0.39, 0.29) is 11.4 Å². The lowest BCUT2D eigenvalue weighted by molar-refractivity contribution is -0.138. The lowest BCUT2D eigenvalue weighted by Gasteiger charge is -2.13. The summed E-state index contributed by atoms with van der Waals surface area (Å²) in [7, 11) is 1.42. The zero-order valence-electron chi connectivity index (χ0n) is 18.8. The molecule has 2 N–H and O–H groups in total. The molecule has 0 spiro atoms. The number of rotatable bonds is 6. The number of amides is 2. The van der Waals surface area contributed by atoms with Crippen LogP contribution in [0.15, 0.2) is 76.8 Å². The molecular formula is C25H17BrF6N2O3. The van der Waals surface area contributed by atoms with Crippen LogP contribution >= 0.6 is 15.9 Å². The second-order valence-corrected chi connectivity index (χ2v) is 8.37. The number of ether oxygens (including phenoxy) is 1. The maximum Gasteiger partial charge on any atom is 0.416 e. The fourth-order valence-corrected chi connectivity index (χ4v) is 3.68. The Balaban J connectivity index is 1.97. The first-order chi connectivity index (χ1) is 17.3. The Hall–Kier alpha value is -3.80. The van der Waals surface area contributed by atoms with Crippen LogP contribution in [0.4, 0.5) is 37.7 Å². The van der Waals surface area contributed by atoms with Gasteiger partial charge in [0.15, 0.2) is 0 Å². The molecule has 0 radical (unpaired) electrons. The van der Waals surface area contributed by atoms with E-state index in [9.17, 15) is 35.9 Å². The lowest BCUT2D eigenvalue weighted by Crippen LogP contribution is -2.25. The van der Waals surface area contributed by atoms with Crippen LogP contribution in [0.2, 0.25) is 0 Å². The number of alkyl halides is 6. The summed E-state index contributed by atoms with van der Waals surface area (Å²) in [6.07, 6.45) is -8.21. The molecule has 0 aliphatic carbocycles. The molecule has 12 heteroatoms. The minimum Gasteiger partial charge on any atom is -0.496 e. The number of benzene rings is 3. The molecule has 5 nitrogen and oxygen atoms in total. The molecule has 3 aromatic carbocycles. The zero-order valence-corrected chi connectivity index (χ0v) is 20.4. The van der Waals surface area contributed by atoms with Crippen molar-refractivity contribution in [1.29, 1.82) is 0 Å². The van der Waals surface area contributed by atoms with Crippen LogP contribution in [-0.4, -0.2) is 18.9 Å². The molecule has 194 valence electrons. The SMILES string of the molecule is COc1ccc(C=C(C(=O)Nc2cccc(C(F)(F)F)c2)C(=O)Nc2cccc(C(F)(F)F)c2)cc1Br. The van der Waals surface area contributed by atoms with E-state index in [0.29, 0.717) is 27.9 Å². The summed E-state index contributed by atoms with van der Waals surface area (Å²) in [6, 6.07) is 12.1. The maximum atomic E-state index is 13.1. The molecule has 0 aliphatic rings. The molecule has 0 fully saturated rings. The molecule has 0 bridgehead atoms. The van der Waals surface area contributed by atoms with Crippen molar-refractivity contribution in [3.8, 4) is 5.75 Å². The van der Waals surface area contributed by atoms with Crippen LogP contribution in [0.3, 0.4) is 0 Å². The van der Waals surface area contributed by atoms with Crippen LogP contribution in [0, 0.1) is 0 Å². The molecule has 3 aromatic rings. The minimum absolute atomic E-state index is 0.242. The predicted molar refractivity (Wildman–Crippen MR) is 129 cm³/mol. The number of carbonyl (C=O) groups is 2. The molecule has 0 saturated carbocycles. The first-order valence-electron chi connectivity index (χ1n) is 10.3. The highest BCUT2D eigenvalue weighted by Crippen LogP contribution is 2.32. The molecular weight excluding hydrogens is 570 g/mol. The van der Waals surface area contributed by atoms with E-state index in [1.54, 1.807) is 0 Å². The van der Waals surface area contributed by atoms with E-state index in [2.05, 4.69) is 26.6 Å². The summed E-state index contributed by atoms with van der Waals surface area (Å²) in [5.41, 5.74) is -2.79. The third-order valence-corrected chi connectivity index (χ3v) is 5.49. The Labute approximate surface area is 215 Å². The molecule has 0 saturated heterocycles. The normalized spacial score (nSPS) is 11.5. The lowest BCUT2D eigenvalue weighted by atomic mass is 10.1. The Morgan fingerprint density at radius 3 is 1.68 bits per heavy atom. The van der Waals surface area contributed by atoms with Gasteiger partial charge in [-0.25, -0.2) is 0 Å². The Morgan fingerprint density at radius 2 is 1.27 bits per heavy atom. The summed E-state index contributed by atoms with van der Waals surface area (Å²) in [4.78, 5) is 26.0. The molecule has 37 heavy (non-hydrogen) atoms.